The molecule has 0 aliphatic carbocycles. The molecule has 2 atom stereocenters. The van der Waals surface area contributed by atoms with Gasteiger partial charge >= 0.3 is 5.97 Å². The second-order valence-electron chi connectivity index (χ2n) is 7.76. The molecule has 2 aromatic carbocycles. The lowest BCUT2D eigenvalue weighted by atomic mass is 9.96. The average Bonchev–Trinajstić information content (AvgIpc) is 3.28. The lowest BCUT2D eigenvalue weighted by Gasteiger charge is -2.24. The van der Waals surface area contributed by atoms with Gasteiger partial charge in [-0.15, -0.1) is 0 Å². The standard InChI is InChI=1S/C24H26N2O4S/c25-19(21(27)11-12-22(31)26-13-5-10-20(26)24(29)30)15-16-6-4-9-18(14-16)23(28)17-7-2-1-3-8-17/h1-4,6-9,14,19-20H,5,10-13,15,25H2,(H,29,30)/t19-,20-/m0/s1. The average molecular weight is 439 g/mol. The molecule has 6 nitrogen and oxygen atoms in total. The number of hydrogen-bond donors (Lipinski definition) is 2. The van der Waals surface area contributed by atoms with Crippen LogP contribution >= 0.6 is 12.2 Å². The second kappa shape index (κ2) is 10.4. The summed E-state index contributed by atoms with van der Waals surface area (Å²) in [6.07, 6.45) is 2.16. The van der Waals surface area contributed by atoms with E-state index in [1.165, 1.54) is 0 Å². The van der Waals surface area contributed by atoms with Gasteiger partial charge in [0.1, 0.15) is 11.8 Å². The van der Waals surface area contributed by atoms with Crippen molar-refractivity contribution in [2.24, 2.45) is 5.73 Å². The second-order valence-corrected chi connectivity index (χ2v) is 8.23. The van der Waals surface area contributed by atoms with Crippen LogP contribution in [0.4, 0.5) is 0 Å². The molecule has 0 unspecified atom stereocenters. The Morgan fingerprint density at radius 2 is 1.77 bits per heavy atom. The fourth-order valence-corrected chi connectivity index (χ4v) is 4.17. The van der Waals surface area contributed by atoms with Crippen molar-refractivity contribution in [3.05, 3.63) is 71.3 Å². The molecule has 3 rings (SSSR count). The molecule has 1 fully saturated rings. The number of carboxylic acids is 1. The molecule has 1 heterocycles. The van der Waals surface area contributed by atoms with E-state index in [9.17, 15) is 19.5 Å². The highest BCUT2D eigenvalue weighted by molar-refractivity contribution is 7.80. The monoisotopic (exact) mass is 438 g/mol. The number of likely N-dealkylation sites (tertiary alicyclic amines) is 1. The maximum absolute atomic E-state index is 12.6. The first-order valence-electron chi connectivity index (χ1n) is 10.4. The highest BCUT2D eigenvalue weighted by Gasteiger charge is 2.32. The molecule has 1 aliphatic rings. The number of aliphatic carboxylic acids is 1. The number of ketones is 2. The SMILES string of the molecule is N[C@@H](Cc1cccc(C(=O)c2ccccc2)c1)C(=O)CCC(=S)N1CCC[C@H]1C(=O)O. The zero-order valence-corrected chi connectivity index (χ0v) is 18.0. The molecule has 31 heavy (non-hydrogen) atoms. The van der Waals surface area contributed by atoms with Crippen molar-refractivity contribution in [3.63, 3.8) is 0 Å². The number of carboxylic acid groups (broad SMARTS) is 1. The number of thiocarbonyl (C=S) groups is 1. The fraction of sp³-hybridized carbons (Fsp3) is 0.333. The number of nitrogens with two attached hydrogens (primary N) is 1. The first-order valence-corrected chi connectivity index (χ1v) is 10.8. The van der Waals surface area contributed by atoms with Crippen LogP contribution in [-0.2, 0) is 16.0 Å². The minimum absolute atomic E-state index is 0.0775. The maximum Gasteiger partial charge on any atom is 0.326 e. The van der Waals surface area contributed by atoms with Gasteiger partial charge in [0.15, 0.2) is 5.78 Å². The van der Waals surface area contributed by atoms with Crippen molar-refractivity contribution >= 4 is 34.7 Å². The van der Waals surface area contributed by atoms with Crippen LogP contribution in [0.2, 0.25) is 0 Å². The summed E-state index contributed by atoms with van der Waals surface area (Å²) in [6, 6.07) is 14.9. The summed E-state index contributed by atoms with van der Waals surface area (Å²) in [5.41, 5.74) is 8.09. The van der Waals surface area contributed by atoms with Gasteiger partial charge in [-0.05, 0) is 30.9 Å². The third-order valence-corrected chi connectivity index (χ3v) is 5.98. The van der Waals surface area contributed by atoms with Gasteiger partial charge in [-0.25, -0.2) is 4.79 Å². The zero-order valence-electron chi connectivity index (χ0n) is 17.2. The van der Waals surface area contributed by atoms with Crippen LogP contribution in [0.3, 0.4) is 0 Å². The van der Waals surface area contributed by atoms with E-state index in [1.54, 1.807) is 35.2 Å². The van der Waals surface area contributed by atoms with Crippen LogP contribution in [0.1, 0.15) is 47.2 Å². The largest absolute Gasteiger partial charge is 0.480 e. The molecular weight excluding hydrogens is 412 g/mol. The highest BCUT2D eigenvalue weighted by Crippen LogP contribution is 2.20. The summed E-state index contributed by atoms with van der Waals surface area (Å²) in [5, 5.41) is 9.28. The van der Waals surface area contributed by atoms with E-state index in [2.05, 4.69) is 0 Å². The van der Waals surface area contributed by atoms with Crippen molar-refractivity contribution in [2.75, 3.05) is 6.54 Å². The number of Topliss-reactive ketones (excluding diaryl/α,β-unsaturated/α-hetero) is 1. The molecule has 0 spiro atoms. The van der Waals surface area contributed by atoms with Crippen LogP contribution in [0.15, 0.2) is 54.6 Å². The molecule has 0 aromatic heterocycles. The van der Waals surface area contributed by atoms with Crippen molar-refractivity contribution in [1.82, 2.24) is 4.90 Å². The van der Waals surface area contributed by atoms with Crippen LogP contribution in [0.5, 0.6) is 0 Å². The predicted octanol–water partition coefficient (Wildman–Crippen LogP) is 3.01. The molecule has 0 bridgehead atoms. The van der Waals surface area contributed by atoms with Crippen LogP contribution in [0, 0.1) is 0 Å². The Morgan fingerprint density at radius 1 is 1.06 bits per heavy atom. The molecule has 7 heteroatoms. The van der Waals surface area contributed by atoms with Crippen molar-refractivity contribution in [1.29, 1.82) is 0 Å². The third-order valence-electron chi connectivity index (χ3n) is 5.54. The summed E-state index contributed by atoms with van der Waals surface area (Å²) in [4.78, 5) is 38.7. The van der Waals surface area contributed by atoms with E-state index < -0.39 is 18.1 Å². The first kappa shape index (κ1) is 22.8. The van der Waals surface area contributed by atoms with Crippen molar-refractivity contribution in [3.8, 4) is 0 Å². The van der Waals surface area contributed by atoms with Gasteiger partial charge in [0, 0.05) is 30.5 Å². The molecule has 0 radical (unpaired) electrons. The highest BCUT2D eigenvalue weighted by atomic mass is 32.1. The minimum atomic E-state index is -0.882. The molecule has 1 aliphatic heterocycles. The Bertz CT molecular complexity index is 977. The molecule has 0 amide bonds. The predicted molar refractivity (Wildman–Crippen MR) is 122 cm³/mol. The molecule has 162 valence electrons. The van der Waals surface area contributed by atoms with E-state index in [0.29, 0.717) is 41.9 Å². The van der Waals surface area contributed by atoms with Crippen molar-refractivity contribution in [2.45, 2.75) is 44.2 Å². The van der Waals surface area contributed by atoms with E-state index in [1.807, 2.05) is 24.3 Å². The van der Waals surface area contributed by atoms with Gasteiger partial charge in [0.05, 0.1) is 11.0 Å². The van der Waals surface area contributed by atoms with Gasteiger partial charge < -0.3 is 15.7 Å². The first-order chi connectivity index (χ1) is 14.9. The number of benzene rings is 2. The fourth-order valence-electron chi connectivity index (χ4n) is 3.84. The van der Waals surface area contributed by atoms with Gasteiger partial charge in [-0.1, -0.05) is 60.7 Å². The summed E-state index contributed by atoms with van der Waals surface area (Å²) in [6.45, 7) is 0.609. The molecule has 1 saturated heterocycles. The Labute approximate surface area is 187 Å². The Hall–Kier alpha value is -2.90. The number of hydrogen-bond acceptors (Lipinski definition) is 5. The van der Waals surface area contributed by atoms with E-state index >= 15 is 0 Å². The van der Waals surface area contributed by atoms with E-state index in [0.717, 1.165) is 12.0 Å². The van der Waals surface area contributed by atoms with Crippen LogP contribution < -0.4 is 5.73 Å². The van der Waals surface area contributed by atoms with Crippen LogP contribution in [0.25, 0.3) is 0 Å². The summed E-state index contributed by atoms with van der Waals surface area (Å²) >= 11 is 5.37. The smallest absolute Gasteiger partial charge is 0.326 e. The van der Waals surface area contributed by atoms with Gasteiger partial charge in [-0.2, -0.15) is 0 Å². The molecular formula is C24H26N2O4S. The molecule has 3 N–H and O–H groups in total. The number of nitrogens with zero attached hydrogens (tertiary/aromatic N) is 1. The maximum atomic E-state index is 12.6. The van der Waals surface area contributed by atoms with Gasteiger partial charge in [0.2, 0.25) is 0 Å². The summed E-state index contributed by atoms with van der Waals surface area (Å²) in [7, 11) is 0. The minimum Gasteiger partial charge on any atom is -0.480 e. The normalized spacial score (nSPS) is 16.7. The Morgan fingerprint density at radius 3 is 2.48 bits per heavy atom. The Balaban J connectivity index is 1.56. The number of carbonyl (C=O) groups excluding carboxylic acids is 2. The molecule has 0 saturated carbocycles. The molecule has 2 aromatic rings. The lowest BCUT2D eigenvalue weighted by molar-refractivity contribution is -0.140. The summed E-state index contributed by atoms with van der Waals surface area (Å²) in [5.74, 6) is -1.09. The number of carbonyl (C=O) groups is 3. The quantitative estimate of drug-likeness (QED) is 0.458. The van der Waals surface area contributed by atoms with Gasteiger partial charge in [0.25, 0.3) is 0 Å². The lowest BCUT2D eigenvalue weighted by Crippen LogP contribution is -2.40. The summed E-state index contributed by atoms with van der Waals surface area (Å²) < 4.78 is 0. The van der Waals surface area contributed by atoms with Crippen LogP contribution in [-0.4, -0.2) is 51.2 Å². The van der Waals surface area contributed by atoms with Gasteiger partial charge in [-0.3, -0.25) is 9.59 Å². The van der Waals surface area contributed by atoms with Crippen molar-refractivity contribution < 1.29 is 19.5 Å². The third kappa shape index (κ3) is 5.83. The Kier molecular flexibility index (Phi) is 7.65. The zero-order chi connectivity index (χ0) is 22.4. The van der Waals surface area contributed by atoms with E-state index in [-0.39, 0.29) is 18.0 Å². The number of rotatable bonds is 9. The van der Waals surface area contributed by atoms with E-state index in [4.69, 9.17) is 18.0 Å². The topological polar surface area (TPSA) is 101 Å².